The average Bonchev–Trinajstić information content (AvgIpc) is 3.52. The van der Waals surface area contributed by atoms with E-state index in [4.69, 9.17) is 21.4 Å². The van der Waals surface area contributed by atoms with Gasteiger partial charge in [0.1, 0.15) is 11.6 Å². The van der Waals surface area contributed by atoms with E-state index in [2.05, 4.69) is 16.0 Å². The molecule has 0 radical (unpaired) electrons. The number of hydrogen-bond donors (Lipinski definition) is 1. The van der Waals surface area contributed by atoms with Gasteiger partial charge in [-0.1, -0.05) is 48.0 Å². The van der Waals surface area contributed by atoms with Crippen molar-refractivity contribution in [3.8, 4) is 17.3 Å². The Morgan fingerprint density at radius 2 is 1.74 bits per heavy atom. The smallest absolute Gasteiger partial charge is 0.322 e. The van der Waals surface area contributed by atoms with E-state index < -0.39 is 0 Å². The van der Waals surface area contributed by atoms with Crippen molar-refractivity contribution >= 4 is 23.3 Å². The number of nitrogens with one attached hydrogen (secondary N) is 1. The SMILES string of the molecule is COc1ccc(C2c3cccn3-c3c(c(C)nn3-c3ccccc3)CN2C(=O)Nc2cccc(Cl)c2C)cc1. The first-order valence-electron chi connectivity index (χ1n) is 12.7. The second kappa shape index (κ2) is 10.0. The van der Waals surface area contributed by atoms with Crippen LogP contribution < -0.4 is 10.1 Å². The third kappa shape index (κ3) is 4.34. The maximum Gasteiger partial charge on any atom is 0.322 e. The van der Waals surface area contributed by atoms with Gasteiger partial charge in [0.15, 0.2) is 0 Å². The number of urea groups is 1. The van der Waals surface area contributed by atoms with Crippen molar-refractivity contribution in [3.05, 3.63) is 124 Å². The van der Waals surface area contributed by atoms with Gasteiger partial charge in [-0.05, 0) is 73.5 Å². The number of ether oxygens (including phenoxy) is 1. The molecule has 196 valence electrons. The number of nitrogens with zero attached hydrogens (tertiary/aromatic N) is 4. The van der Waals surface area contributed by atoms with Gasteiger partial charge in [0.05, 0.1) is 36.8 Å². The van der Waals surface area contributed by atoms with Crippen LogP contribution in [0.25, 0.3) is 11.5 Å². The molecule has 1 unspecified atom stereocenters. The third-order valence-corrected chi connectivity index (χ3v) is 7.70. The minimum atomic E-state index is -0.374. The van der Waals surface area contributed by atoms with Crippen LogP contribution in [0.3, 0.4) is 0 Å². The fraction of sp³-hybridized carbons (Fsp3) is 0.161. The number of aromatic nitrogens is 3. The lowest BCUT2D eigenvalue weighted by molar-refractivity contribution is 0.194. The normalized spacial score (nSPS) is 14.4. The van der Waals surface area contributed by atoms with E-state index in [1.54, 1.807) is 7.11 Å². The number of carbonyl (C=O) groups excluding carboxylic acids is 1. The number of anilines is 1. The van der Waals surface area contributed by atoms with Crippen LogP contribution in [0.5, 0.6) is 5.75 Å². The molecule has 0 spiro atoms. The lowest BCUT2D eigenvalue weighted by Crippen LogP contribution is -2.38. The van der Waals surface area contributed by atoms with Crippen molar-refractivity contribution in [2.24, 2.45) is 0 Å². The fourth-order valence-electron chi connectivity index (χ4n) is 5.22. The lowest BCUT2D eigenvalue weighted by atomic mass is 10.0. The number of methoxy groups -OCH3 is 1. The van der Waals surface area contributed by atoms with Gasteiger partial charge in [0.25, 0.3) is 0 Å². The summed E-state index contributed by atoms with van der Waals surface area (Å²) in [4.78, 5) is 16.0. The molecular formula is C31H28ClN5O2. The van der Waals surface area contributed by atoms with Crippen LogP contribution in [-0.2, 0) is 6.54 Å². The molecule has 2 amide bonds. The zero-order chi connectivity index (χ0) is 27.1. The van der Waals surface area contributed by atoms with E-state index in [0.717, 1.165) is 45.3 Å². The highest BCUT2D eigenvalue weighted by atomic mass is 35.5. The number of aryl methyl sites for hydroxylation is 1. The van der Waals surface area contributed by atoms with Crippen molar-refractivity contribution in [1.29, 1.82) is 0 Å². The molecule has 8 heteroatoms. The Hall–Kier alpha value is -4.49. The van der Waals surface area contributed by atoms with Crippen molar-refractivity contribution in [2.75, 3.05) is 12.4 Å². The van der Waals surface area contributed by atoms with Crippen LogP contribution in [0, 0.1) is 13.8 Å². The first kappa shape index (κ1) is 24.8. The molecule has 0 saturated heterocycles. The molecule has 1 N–H and O–H groups in total. The highest BCUT2D eigenvalue weighted by Crippen LogP contribution is 2.39. The summed E-state index contributed by atoms with van der Waals surface area (Å²) in [6, 6.07) is 26.9. The molecule has 6 rings (SSSR count). The van der Waals surface area contributed by atoms with Crippen molar-refractivity contribution in [3.63, 3.8) is 0 Å². The van der Waals surface area contributed by atoms with Gasteiger partial charge >= 0.3 is 6.03 Å². The number of para-hydroxylation sites is 1. The van der Waals surface area contributed by atoms with Gasteiger partial charge in [-0.3, -0.25) is 0 Å². The largest absolute Gasteiger partial charge is 0.497 e. The summed E-state index contributed by atoms with van der Waals surface area (Å²) in [5, 5.41) is 8.64. The average molecular weight is 538 g/mol. The quantitative estimate of drug-likeness (QED) is 0.266. The van der Waals surface area contributed by atoms with Crippen LogP contribution in [0.2, 0.25) is 5.02 Å². The third-order valence-electron chi connectivity index (χ3n) is 7.29. The highest BCUT2D eigenvalue weighted by Gasteiger charge is 2.36. The minimum absolute atomic E-state index is 0.228. The van der Waals surface area contributed by atoms with Gasteiger partial charge in [-0.2, -0.15) is 5.10 Å². The Bertz CT molecular complexity index is 1660. The molecule has 5 aromatic rings. The van der Waals surface area contributed by atoms with Gasteiger partial charge < -0.3 is 19.5 Å². The van der Waals surface area contributed by atoms with Crippen molar-refractivity contribution < 1.29 is 9.53 Å². The summed E-state index contributed by atoms with van der Waals surface area (Å²) in [6.07, 6.45) is 2.04. The van der Waals surface area contributed by atoms with Crippen LogP contribution >= 0.6 is 11.6 Å². The fourth-order valence-corrected chi connectivity index (χ4v) is 5.39. The number of carbonyl (C=O) groups is 1. The monoisotopic (exact) mass is 537 g/mol. The van der Waals surface area contributed by atoms with Gasteiger partial charge in [0, 0.05) is 22.5 Å². The van der Waals surface area contributed by atoms with E-state index in [9.17, 15) is 4.79 Å². The van der Waals surface area contributed by atoms with E-state index >= 15 is 0 Å². The lowest BCUT2D eigenvalue weighted by Gasteiger charge is -2.31. The zero-order valence-corrected chi connectivity index (χ0v) is 22.7. The van der Waals surface area contributed by atoms with E-state index in [0.29, 0.717) is 17.3 Å². The molecule has 0 aliphatic carbocycles. The second-order valence-electron chi connectivity index (χ2n) is 9.58. The van der Waals surface area contributed by atoms with Gasteiger partial charge in [-0.15, -0.1) is 0 Å². The maximum absolute atomic E-state index is 14.1. The highest BCUT2D eigenvalue weighted by molar-refractivity contribution is 6.31. The molecule has 0 saturated carbocycles. The number of benzene rings is 3. The first-order chi connectivity index (χ1) is 19.0. The Morgan fingerprint density at radius 3 is 2.49 bits per heavy atom. The molecule has 1 atom stereocenters. The topological polar surface area (TPSA) is 64.3 Å². The van der Waals surface area contributed by atoms with E-state index in [1.807, 2.05) is 108 Å². The van der Waals surface area contributed by atoms with Crippen LogP contribution in [-0.4, -0.2) is 32.4 Å². The Morgan fingerprint density at radius 1 is 0.974 bits per heavy atom. The molecule has 0 bridgehead atoms. The first-order valence-corrected chi connectivity index (χ1v) is 13.1. The van der Waals surface area contributed by atoms with Crippen LogP contribution in [0.4, 0.5) is 10.5 Å². The predicted octanol–water partition coefficient (Wildman–Crippen LogP) is 7.08. The molecule has 39 heavy (non-hydrogen) atoms. The van der Waals surface area contributed by atoms with E-state index in [-0.39, 0.29) is 12.1 Å². The summed E-state index contributed by atoms with van der Waals surface area (Å²) in [5.41, 5.74) is 6.21. The summed E-state index contributed by atoms with van der Waals surface area (Å²) < 4.78 is 9.52. The molecule has 1 aliphatic rings. The van der Waals surface area contributed by atoms with Gasteiger partial charge in [0.2, 0.25) is 0 Å². The molecule has 1 aliphatic heterocycles. The predicted molar refractivity (Wildman–Crippen MR) is 153 cm³/mol. The standard InChI is InChI=1S/C31H28ClN5O2/c1-20-26(32)11-7-12-27(20)33-31(38)36-19-25-21(2)34-37(23-9-5-4-6-10-23)30(25)35-18-8-13-28(35)29(36)22-14-16-24(39-3)17-15-22/h4-18,29H,19H2,1-3H3,(H,33,38). The van der Waals surface area contributed by atoms with Crippen LogP contribution in [0.15, 0.2) is 91.1 Å². The Labute approximate surface area is 232 Å². The summed E-state index contributed by atoms with van der Waals surface area (Å²) >= 11 is 6.37. The Kier molecular flexibility index (Phi) is 6.37. The second-order valence-corrected chi connectivity index (χ2v) is 9.99. The number of fused-ring (bicyclic) bond motifs is 3. The number of rotatable bonds is 4. The molecule has 0 fully saturated rings. The molecule has 2 aromatic heterocycles. The molecule has 7 nitrogen and oxygen atoms in total. The van der Waals surface area contributed by atoms with Gasteiger partial charge in [-0.25, -0.2) is 9.48 Å². The van der Waals surface area contributed by atoms with Crippen LogP contribution in [0.1, 0.15) is 34.1 Å². The Balaban J connectivity index is 1.53. The number of hydrogen-bond acceptors (Lipinski definition) is 3. The minimum Gasteiger partial charge on any atom is -0.497 e. The zero-order valence-electron chi connectivity index (χ0n) is 21.9. The summed E-state index contributed by atoms with van der Waals surface area (Å²) in [6.45, 7) is 4.25. The van der Waals surface area contributed by atoms with Crippen molar-refractivity contribution in [1.82, 2.24) is 19.2 Å². The van der Waals surface area contributed by atoms with Crippen molar-refractivity contribution in [2.45, 2.75) is 26.4 Å². The number of halogens is 1. The molecular weight excluding hydrogens is 510 g/mol. The molecule has 3 aromatic carbocycles. The summed E-state index contributed by atoms with van der Waals surface area (Å²) in [5.74, 6) is 1.68. The van der Waals surface area contributed by atoms with E-state index in [1.165, 1.54) is 0 Å². The maximum atomic E-state index is 14.1. The molecule has 3 heterocycles. The summed E-state index contributed by atoms with van der Waals surface area (Å²) in [7, 11) is 1.65. The number of amides is 2.